The third-order valence-corrected chi connectivity index (χ3v) is 5.19. The van der Waals surface area contributed by atoms with Gasteiger partial charge in [0, 0.05) is 13.1 Å². The Morgan fingerprint density at radius 1 is 0.559 bits per heavy atom. The fourth-order valence-corrected chi connectivity index (χ4v) is 3.46. The van der Waals surface area contributed by atoms with Crippen molar-refractivity contribution in [3.8, 4) is 11.5 Å². The third-order valence-electron chi connectivity index (χ3n) is 5.19. The highest BCUT2D eigenvalue weighted by molar-refractivity contribution is 5.85. The number of hydrogen-bond donors (Lipinski definition) is 6. The maximum Gasteiger partial charge on any atom is 0.128 e. The zero-order valence-electron chi connectivity index (χ0n) is 20.5. The van der Waals surface area contributed by atoms with Crippen molar-refractivity contribution in [1.82, 2.24) is 21.3 Å². The molecule has 0 aromatic heterocycles. The van der Waals surface area contributed by atoms with Crippen LogP contribution in [0.25, 0.3) is 0 Å². The van der Waals surface area contributed by atoms with Crippen LogP contribution in [0.1, 0.15) is 36.8 Å². The summed E-state index contributed by atoms with van der Waals surface area (Å²) >= 11 is 0. The van der Waals surface area contributed by atoms with Crippen LogP contribution in [0.5, 0.6) is 11.5 Å². The number of ether oxygens (including phenoxy) is 1. The molecule has 34 heavy (non-hydrogen) atoms. The van der Waals surface area contributed by atoms with Crippen molar-refractivity contribution in [3.05, 3.63) is 59.7 Å². The van der Waals surface area contributed by atoms with Crippen LogP contribution >= 0.6 is 12.4 Å². The average molecular weight is 493 g/mol. The fourth-order valence-electron chi connectivity index (χ4n) is 3.46. The molecule has 8 N–H and O–H groups in total. The lowest BCUT2D eigenvalue weighted by Gasteiger charge is -2.13. The molecule has 0 aliphatic rings. The molecule has 0 saturated carbocycles. The van der Waals surface area contributed by atoms with Crippen molar-refractivity contribution in [2.75, 3.05) is 52.4 Å². The normalized spacial score (nSPS) is 10.8. The second-order valence-corrected chi connectivity index (χ2v) is 8.25. The molecule has 0 aliphatic heterocycles. The minimum atomic E-state index is 0. The summed E-state index contributed by atoms with van der Waals surface area (Å²) in [6.07, 6.45) is 4.25. The highest BCUT2D eigenvalue weighted by Crippen LogP contribution is 2.24. The number of nitrogens with two attached hydrogens (primary N) is 2. The van der Waals surface area contributed by atoms with E-state index in [0.29, 0.717) is 0 Å². The van der Waals surface area contributed by atoms with Crippen molar-refractivity contribution in [2.24, 2.45) is 11.5 Å². The molecule has 192 valence electrons. The molecule has 0 fully saturated rings. The second-order valence-electron chi connectivity index (χ2n) is 8.25. The highest BCUT2D eigenvalue weighted by Gasteiger charge is 2.04. The Kier molecular flexibility index (Phi) is 18.4. The molecule has 2 rings (SSSR count). The Morgan fingerprint density at radius 3 is 1.53 bits per heavy atom. The summed E-state index contributed by atoms with van der Waals surface area (Å²) in [6.45, 7) is 9.12. The molecular formula is C26H45ClN6O. The van der Waals surface area contributed by atoms with E-state index < -0.39 is 0 Å². The first-order valence-electron chi connectivity index (χ1n) is 12.4. The van der Waals surface area contributed by atoms with E-state index in [1.807, 2.05) is 30.3 Å². The molecule has 8 heteroatoms. The van der Waals surface area contributed by atoms with Gasteiger partial charge in [-0.3, -0.25) is 0 Å². The van der Waals surface area contributed by atoms with Gasteiger partial charge in [0.2, 0.25) is 0 Å². The van der Waals surface area contributed by atoms with Gasteiger partial charge in [-0.2, -0.15) is 0 Å². The van der Waals surface area contributed by atoms with Gasteiger partial charge in [-0.05, 0) is 113 Å². The predicted octanol–water partition coefficient (Wildman–Crippen LogP) is 2.74. The van der Waals surface area contributed by atoms with E-state index in [0.717, 1.165) is 103 Å². The standard InChI is InChI=1S/C26H44N6O.ClH/c27-10-4-12-29-14-6-16-31-21-23-18-24(22-32-17-7-15-30-13-5-11-28)20-26(19-23)33-25-8-2-1-3-9-25;/h1-3,8-9,18-20,29-32H,4-7,10-17,21-22,27-28H2;1H. The molecule has 2 aromatic carbocycles. The van der Waals surface area contributed by atoms with Crippen LogP contribution in [-0.4, -0.2) is 52.4 Å². The summed E-state index contributed by atoms with van der Waals surface area (Å²) < 4.78 is 6.13. The minimum Gasteiger partial charge on any atom is -0.457 e. The molecule has 0 atom stereocenters. The van der Waals surface area contributed by atoms with Gasteiger partial charge in [0.15, 0.2) is 0 Å². The number of rotatable bonds is 20. The Hall–Kier alpha value is -1.71. The molecule has 0 heterocycles. The topological polar surface area (TPSA) is 109 Å². The van der Waals surface area contributed by atoms with Crippen LogP contribution in [0.15, 0.2) is 48.5 Å². The molecular weight excluding hydrogens is 448 g/mol. The Bertz CT molecular complexity index is 696. The number of nitrogens with one attached hydrogen (secondary N) is 4. The van der Waals surface area contributed by atoms with E-state index in [4.69, 9.17) is 16.2 Å². The monoisotopic (exact) mass is 492 g/mol. The van der Waals surface area contributed by atoms with E-state index in [9.17, 15) is 0 Å². The van der Waals surface area contributed by atoms with Crippen LogP contribution in [0, 0.1) is 0 Å². The molecule has 0 amide bonds. The predicted molar refractivity (Wildman–Crippen MR) is 146 cm³/mol. The summed E-state index contributed by atoms with van der Waals surface area (Å²) in [5.74, 6) is 1.73. The molecule has 7 nitrogen and oxygen atoms in total. The van der Waals surface area contributed by atoms with E-state index in [1.165, 1.54) is 11.1 Å². The van der Waals surface area contributed by atoms with Gasteiger partial charge in [-0.15, -0.1) is 12.4 Å². The summed E-state index contributed by atoms with van der Waals surface area (Å²) in [7, 11) is 0. The molecule has 0 saturated heterocycles. The van der Waals surface area contributed by atoms with Crippen LogP contribution in [0.3, 0.4) is 0 Å². The Balaban J connectivity index is 0.00000578. The van der Waals surface area contributed by atoms with Gasteiger partial charge in [-0.1, -0.05) is 24.3 Å². The lowest BCUT2D eigenvalue weighted by Crippen LogP contribution is -2.24. The van der Waals surface area contributed by atoms with Crippen LogP contribution in [0.2, 0.25) is 0 Å². The maximum absolute atomic E-state index is 6.13. The van der Waals surface area contributed by atoms with Crippen LogP contribution in [0.4, 0.5) is 0 Å². The van der Waals surface area contributed by atoms with Crippen molar-refractivity contribution in [1.29, 1.82) is 0 Å². The van der Waals surface area contributed by atoms with Gasteiger partial charge in [0.25, 0.3) is 0 Å². The number of halogens is 1. The van der Waals surface area contributed by atoms with Gasteiger partial charge < -0.3 is 37.5 Å². The van der Waals surface area contributed by atoms with Gasteiger partial charge >= 0.3 is 0 Å². The molecule has 0 aliphatic carbocycles. The first-order chi connectivity index (χ1) is 16.3. The van der Waals surface area contributed by atoms with Crippen LogP contribution < -0.4 is 37.5 Å². The highest BCUT2D eigenvalue weighted by atomic mass is 35.5. The van der Waals surface area contributed by atoms with Crippen LogP contribution in [-0.2, 0) is 13.1 Å². The number of benzene rings is 2. The van der Waals surface area contributed by atoms with Crippen molar-refractivity contribution < 1.29 is 4.74 Å². The lowest BCUT2D eigenvalue weighted by atomic mass is 10.1. The molecule has 0 radical (unpaired) electrons. The molecule has 0 unspecified atom stereocenters. The second kappa shape index (κ2) is 20.6. The van der Waals surface area contributed by atoms with E-state index in [-0.39, 0.29) is 12.4 Å². The molecule has 2 aromatic rings. The van der Waals surface area contributed by atoms with Gasteiger partial charge in [0.05, 0.1) is 0 Å². The van der Waals surface area contributed by atoms with Crippen molar-refractivity contribution in [2.45, 2.75) is 38.8 Å². The van der Waals surface area contributed by atoms with E-state index >= 15 is 0 Å². The van der Waals surface area contributed by atoms with Crippen molar-refractivity contribution >= 4 is 12.4 Å². The minimum absolute atomic E-state index is 0. The Morgan fingerprint density at radius 2 is 1.03 bits per heavy atom. The summed E-state index contributed by atoms with van der Waals surface area (Å²) in [6, 6.07) is 16.5. The Labute approximate surface area is 212 Å². The first-order valence-corrected chi connectivity index (χ1v) is 12.4. The quantitative estimate of drug-likeness (QED) is 0.158. The third kappa shape index (κ3) is 14.5. The van der Waals surface area contributed by atoms with E-state index in [2.05, 4.69) is 39.5 Å². The maximum atomic E-state index is 6.13. The zero-order valence-corrected chi connectivity index (χ0v) is 21.3. The average Bonchev–Trinajstić information content (AvgIpc) is 2.83. The number of hydrogen-bond acceptors (Lipinski definition) is 7. The summed E-state index contributed by atoms with van der Waals surface area (Å²) in [5, 5.41) is 13.9. The first kappa shape index (κ1) is 30.3. The summed E-state index contributed by atoms with van der Waals surface area (Å²) in [4.78, 5) is 0. The summed E-state index contributed by atoms with van der Waals surface area (Å²) in [5.41, 5.74) is 13.5. The molecule has 0 spiro atoms. The fraction of sp³-hybridized carbons (Fsp3) is 0.538. The van der Waals surface area contributed by atoms with E-state index in [1.54, 1.807) is 0 Å². The SMILES string of the molecule is Cl.NCCCNCCCNCc1cc(CNCCCNCCCN)cc(Oc2ccccc2)c1. The van der Waals surface area contributed by atoms with Gasteiger partial charge in [-0.25, -0.2) is 0 Å². The largest absolute Gasteiger partial charge is 0.457 e. The smallest absolute Gasteiger partial charge is 0.128 e. The molecule has 0 bridgehead atoms. The lowest BCUT2D eigenvalue weighted by molar-refractivity contribution is 0.480. The number of para-hydroxylation sites is 1. The zero-order chi connectivity index (χ0) is 23.4. The van der Waals surface area contributed by atoms with Crippen molar-refractivity contribution in [3.63, 3.8) is 0 Å². The van der Waals surface area contributed by atoms with Gasteiger partial charge in [0.1, 0.15) is 11.5 Å².